The summed E-state index contributed by atoms with van der Waals surface area (Å²) in [4.78, 5) is 26.5. The van der Waals surface area contributed by atoms with Crippen molar-refractivity contribution in [2.75, 3.05) is 33.8 Å². The van der Waals surface area contributed by atoms with E-state index in [2.05, 4.69) is 5.32 Å². The largest absolute Gasteiger partial charge is 0.497 e. The summed E-state index contributed by atoms with van der Waals surface area (Å²) in [7, 11) is 5.95. The molecule has 244 valence electrons. The number of benzene rings is 3. The quantitative estimate of drug-likeness (QED) is 0.226. The topological polar surface area (TPSA) is 155 Å². The molecule has 1 aliphatic heterocycles. The van der Waals surface area contributed by atoms with Crippen molar-refractivity contribution in [3.05, 3.63) is 76.1 Å². The molecule has 1 fully saturated rings. The van der Waals surface area contributed by atoms with Crippen LogP contribution in [0.15, 0.2) is 63.8 Å². The highest BCUT2D eigenvalue weighted by Gasteiger charge is 2.50. The molecule has 0 saturated carbocycles. The van der Waals surface area contributed by atoms with Gasteiger partial charge in [-0.15, -0.1) is 0 Å². The van der Waals surface area contributed by atoms with E-state index in [4.69, 9.17) is 32.8 Å². The van der Waals surface area contributed by atoms with Gasteiger partial charge in [0, 0.05) is 29.9 Å². The average molecular weight is 636 g/mol. The SMILES string of the molecule is COc1cccc(-c2cc(C(=O)Nc3cc4c(OC)cc(O[C@@H]5OC(C)(C)[C@H](OC)[C@@H](O)[C@H]5O)c(C)c4oc3=O)ccc2OC)c1. The number of aliphatic hydroxyl groups excluding tert-OH is 2. The van der Waals surface area contributed by atoms with Crippen molar-refractivity contribution < 1.29 is 47.8 Å². The number of hydrogen-bond donors (Lipinski definition) is 3. The number of methoxy groups -OCH3 is 4. The molecule has 0 spiro atoms. The molecule has 3 N–H and O–H groups in total. The maximum atomic E-state index is 13.4. The number of fused-ring (bicyclic) bond motifs is 1. The molecule has 12 heteroatoms. The van der Waals surface area contributed by atoms with Crippen LogP contribution >= 0.6 is 0 Å². The normalized spacial score (nSPS) is 20.6. The Hall–Kier alpha value is -4.62. The maximum Gasteiger partial charge on any atom is 0.360 e. The molecule has 1 aromatic heterocycles. The molecule has 4 aromatic rings. The summed E-state index contributed by atoms with van der Waals surface area (Å²) in [5, 5.41) is 24.4. The number of carbonyl (C=O) groups is 1. The lowest BCUT2D eigenvalue weighted by Crippen LogP contribution is -2.63. The number of aliphatic hydroxyl groups is 2. The number of ether oxygens (including phenoxy) is 6. The molecule has 1 aliphatic rings. The van der Waals surface area contributed by atoms with Crippen molar-refractivity contribution in [3.63, 3.8) is 0 Å². The van der Waals surface area contributed by atoms with Crippen molar-refractivity contribution in [3.8, 4) is 34.1 Å². The molecule has 3 aromatic carbocycles. The Bertz CT molecular complexity index is 1820. The number of anilines is 1. The predicted octanol–water partition coefficient (Wildman–Crippen LogP) is 4.30. The van der Waals surface area contributed by atoms with E-state index < -0.39 is 41.7 Å². The fourth-order valence-corrected chi connectivity index (χ4v) is 5.62. The summed E-state index contributed by atoms with van der Waals surface area (Å²) in [5.41, 5.74) is 0.342. The van der Waals surface area contributed by atoms with Gasteiger partial charge in [-0.2, -0.15) is 0 Å². The lowest BCUT2D eigenvalue weighted by atomic mass is 9.89. The van der Waals surface area contributed by atoms with Crippen molar-refractivity contribution in [2.24, 2.45) is 0 Å². The first-order valence-corrected chi connectivity index (χ1v) is 14.4. The van der Waals surface area contributed by atoms with E-state index in [0.29, 0.717) is 28.0 Å². The van der Waals surface area contributed by atoms with Crippen LogP contribution in [0.4, 0.5) is 5.69 Å². The Kier molecular flexibility index (Phi) is 9.27. The van der Waals surface area contributed by atoms with E-state index in [9.17, 15) is 19.8 Å². The molecular weight excluding hydrogens is 598 g/mol. The highest BCUT2D eigenvalue weighted by Crippen LogP contribution is 2.39. The van der Waals surface area contributed by atoms with Crippen LogP contribution in [0.25, 0.3) is 22.1 Å². The fraction of sp³-hybridized carbons (Fsp3) is 0.353. The number of hydrogen-bond acceptors (Lipinski definition) is 11. The Morgan fingerprint density at radius 3 is 2.30 bits per heavy atom. The second-order valence-electron chi connectivity index (χ2n) is 11.3. The highest BCUT2D eigenvalue weighted by atomic mass is 16.7. The van der Waals surface area contributed by atoms with Crippen molar-refractivity contribution >= 4 is 22.6 Å². The summed E-state index contributed by atoms with van der Waals surface area (Å²) >= 11 is 0. The van der Waals surface area contributed by atoms with E-state index in [0.717, 1.165) is 5.56 Å². The van der Waals surface area contributed by atoms with Gasteiger partial charge in [-0.25, -0.2) is 4.79 Å². The van der Waals surface area contributed by atoms with Gasteiger partial charge in [0.1, 0.15) is 52.6 Å². The first-order valence-electron chi connectivity index (χ1n) is 14.4. The van der Waals surface area contributed by atoms with Gasteiger partial charge >= 0.3 is 5.63 Å². The van der Waals surface area contributed by atoms with Crippen LogP contribution in [0.1, 0.15) is 29.8 Å². The molecule has 1 amide bonds. The van der Waals surface area contributed by atoms with Gasteiger partial charge in [-0.3, -0.25) is 4.79 Å². The minimum absolute atomic E-state index is 0.107. The highest BCUT2D eigenvalue weighted by molar-refractivity contribution is 6.06. The Labute approximate surface area is 265 Å². The standard InChI is InChI=1S/C34H37NO11/c1-17-25(44-33-28(37)27(36)30(43-7)34(2,3)46-33)16-26(42-6)22-15-23(32(39)45-29(17)22)35-31(38)19-11-12-24(41-5)21(14-19)18-9-8-10-20(13-18)40-4/h8-16,27-28,30,33,36-37H,1-7H3,(H,35,38)/t27-,28+,30+,33+/m0/s1. The smallest absolute Gasteiger partial charge is 0.360 e. The van der Waals surface area contributed by atoms with Crippen LogP contribution in [0.2, 0.25) is 0 Å². The predicted molar refractivity (Wildman–Crippen MR) is 169 cm³/mol. The van der Waals surface area contributed by atoms with Gasteiger partial charge in [0.2, 0.25) is 6.29 Å². The van der Waals surface area contributed by atoms with Gasteiger partial charge < -0.3 is 48.4 Å². The summed E-state index contributed by atoms with van der Waals surface area (Å²) in [5.74, 6) is 1.10. The van der Waals surface area contributed by atoms with Gasteiger partial charge in [-0.1, -0.05) is 12.1 Å². The molecule has 0 unspecified atom stereocenters. The molecule has 0 aliphatic carbocycles. The van der Waals surface area contributed by atoms with Crippen molar-refractivity contribution in [1.29, 1.82) is 0 Å². The summed E-state index contributed by atoms with van der Waals surface area (Å²) in [6.45, 7) is 5.08. The van der Waals surface area contributed by atoms with Crippen LogP contribution in [-0.4, -0.2) is 74.8 Å². The summed E-state index contributed by atoms with van der Waals surface area (Å²) in [6, 6.07) is 15.3. The molecule has 46 heavy (non-hydrogen) atoms. The number of carbonyl (C=O) groups excluding carboxylic acids is 1. The monoisotopic (exact) mass is 635 g/mol. The van der Waals surface area contributed by atoms with E-state index in [1.807, 2.05) is 24.3 Å². The third-order valence-corrected chi connectivity index (χ3v) is 8.04. The Morgan fingerprint density at radius 2 is 1.63 bits per heavy atom. The average Bonchev–Trinajstić information content (AvgIpc) is 3.05. The molecule has 4 atom stereocenters. The number of aryl methyl sites for hydroxylation is 1. The minimum Gasteiger partial charge on any atom is -0.497 e. The lowest BCUT2D eigenvalue weighted by Gasteiger charge is -2.46. The Morgan fingerprint density at radius 1 is 0.891 bits per heavy atom. The summed E-state index contributed by atoms with van der Waals surface area (Å²) in [6.07, 6.45) is -4.80. The molecule has 5 rings (SSSR count). The van der Waals surface area contributed by atoms with Crippen LogP contribution in [-0.2, 0) is 9.47 Å². The molecule has 12 nitrogen and oxygen atoms in total. The second kappa shape index (κ2) is 13.0. The van der Waals surface area contributed by atoms with Crippen molar-refractivity contribution in [1.82, 2.24) is 0 Å². The second-order valence-corrected chi connectivity index (χ2v) is 11.3. The van der Waals surface area contributed by atoms with E-state index in [-0.39, 0.29) is 28.3 Å². The zero-order valence-electron chi connectivity index (χ0n) is 26.6. The van der Waals surface area contributed by atoms with Crippen molar-refractivity contribution in [2.45, 2.75) is 51.0 Å². The molecule has 0 radical (unpaired) electrons. The first-order chi connectivity index (χ1) is 21.9. The summed E-state index contributed by atoms with van der Waals surface area (Å²) < 4.78 is 39.4. The molecule has 1 saturated heterocycles. The van der Waals surface area contributed by atoms with E-state index >= 15 is 0 Å². The zero-order chi connectivity index (χ0) is 33.3. The molecule has 2 heterocycles. The number of amides is 1. The van der Waals surface area contributed by atoms with Gasteiger partial charge in [0.15, 0.2) is 0 Å². The van der Waals surface area contributed by atoms with Gasteiger partial charge in [0.05, 0.1) is 32.3 Å². The third-order valence-electron chi connectivity index (χ3n) is 8.04. The lowest BCUT2D eigenvalue weighted by molar-refractivity contribution is -0.306. The third kappa shape index (κ3) is 6.12. The van der Waals surface area contributed by atoms with Gasteiger partial charge in [-0.05, 0) is 62.7 Å². The number of nitrogens with one attached hydrogen (secondary N) is 1. The minimum atomic E-state index is -1.44. The Balaban J connectivity index is 1.46. The van der Waals surface area contributed by atoms with E-state index in [1.54, 1.807) is 52.1 Å². The van der Waals surface area contributed by atoms with Crippen LogP contribution in [0.5, 0.6) is 23.0 Å². The maximum absolute atomic E-state index is 13.4. The van der Waals surface area contributed by atoms with Crippen LogP contribution in [0.3, 0.4) is 0 Å². The van der Waals surface area contributed by atoms with E-state index in [1.165, 1.54) is 27.4 Å². The fourth-order valence-electron chi connectivity index (χ4n) is 5.62. The molecule has 0 bridgehead atoms. The first kappa shape index (κ1) is 32.8. The molecular formula is C34H37NO11. The number of rotatable bonds is 9. The van der Waals surface area contributed by atoms with Gasteiger partial charge in [0.25, 0.3) is 5.91 Å². The van der Waals surface area contributed by atoms with Crippen LogP contribution < -0.4 is 29.9 Å². The van der Waals surface area contributed by atoms with Crippen LogP contribution in [0, 0.1) is 6.92 Å². The zero-order valence-corrected chi connectivity index (χ0v) is 26.6.